The quantitative estimate of drug-likeness (QED) is 0.799. The van der Waals surface area contributed by atoms with Crippen LogP contribution in [0.2, 0.25) is 0 Å². The van der Waals surface area contributed by atoms with Gasteiger partial charge in [-0.15, -0.1) is 5.10 Å². The van der Waals surface area contributed by atoms with Crippen molar-refractivity contribution in [2.45, 2.75) is 76.5 Å². The maximum Gasteiger partial charge on any atom is 0.317 e. The van der Waals surface area contributed by atoms with Crippen LogP contribution in [0.1, 0.15) is 66.6 Å². The van der Waals surface area contributed by atoms with Gasteiger partial charge in [-0.3, -0.25) is 4.79 Å². The minimum Gasteiger partial charge on any atom is -0.335 e. The van der Waals surface area contributed by atoms with Crippen LogP contribution < -0.4 is 5.32 Å². The third-order valence-corrected chi connectivity index (χ3v) is 7.14. The van der Waals surface area contributed by atoms with Gasteiger partial charge in [0.2, 0.25) is 0 Å². The molecule has 1 N–H and O–H groups in total. The summed E-state index contributed by atoms with van der Waals surface area (Å²) in [7, 11) is 0. The highest BCUT2D eigenvalue weighted by atomic mass is 16.2. The van der Waals surface area contributed by atoms with E-state index in [-0.39, 0.29) is 18.0 Å². The number of hydrogen-bond acceptors (Lipinski definition) is 4. The van der Waals surface area contributed by atoms with Crippen molar-refractivity contribution in [2.24, 2.45) is 0 Å². The summed E-state index contributed by atoms with van der Waals surface area (Å²) in [5, 5.41) is 11.6. The van der Waals surface area contributed by atoms with Gasteiger partial charge in [-0.2, -0.15) is 0 Å². The second kappa shape index (κ2) is 9.30. The Morgan fingerprint density at radius 3 is 2.66 bits per heavy atom. The van der Waals surface area contributed by atoms with E-state index in [4.69, 9.17) is 0 Å². The van der Waals surface area contributed by atoms with Gasteiger partial charge < -0.3 is 15.1 Å². The van der Waals surface area contributed by atoms with Crippen molar-refractivity contribution in [3.63, 3.8) is 0 Å². The molecule has 2 aliphatic heterocycles. The zero-order chi connectivity index (χ0) is 21.9. The van der Waals surface area contributed by atoms with Gasteiger partial charge in [0.05, 0.1) is 18.8 Å². The molecule has 3 heterocycles. The lowest BCUT2D eigenvalue weighted by atomic mass is 9.96. The molecule has 1 atom stereocenters. The van der Waals surface area contributed by atoms with Crippen LogP contribution in [0.5, 0.6) is 0 Å². The molecule has 8 heteroatoms. The van der Waals surface area contributed by atoms with Gasteiger partial charge in [-0.05, 0) is 43.2 Å². The van der Waals surface area contributed by atoms with Gasteiger partial charge >= 0.3 is 6.03 Å². The van der Waals surface area contributed by atoms with Crippen molar-refractivity contribution in [3.8, 4) is 0 Å². The molecule has 170 valence electrons. The fourth-order valence-electron chi connectivity index (χ4n) is 5.33. The van der Waals surface area contributed by atoms with E-state index in [1.807, 2.05) is 21.9 Å². The number of carbonyl (C=O) groups is 2. The van der Waals surface area contributed by atoms with Crippen LogP contribution in [0.3, 0.4) is 0 Å². The SMILES string of the molecule is O=C(c1cn(C[C@@H]2CCCN2C(=O)NC2CCCCC2)nn1)N1CCc2ccccc2C1. The number of nitrogens with one attached hydrogen (secondary N) is 1. The minimum absolute atomic E-state index is 0.0443. The standard InChI is InChI=1S/C24H32N6O2/c31-23(28-14-12-18-7-4-5-8-19(18)15-28)22-17-29(27-26-22)16-21-11-6-13-30(21)24(32)25-20-9-2-1-3-10-20/h4-5,7-8,17,20-21H,1-3,6,9-16H2,(H,25,32)/t21-/m0/s1. The lowest BCUT2D eigenvalue weighted by Gasteiger charge is -2.29. The Hall–Kier alpha value is -2.90. The van der Waals surface area contributed by atoms with Crippen molar-refractivity contribution in [1.82, 2.24) is 30.1 Å². The Morgan fingerprint density at radius 1 is 1.00 bits per heavy atom. The maximum atomic E-state index is 13.0. The normalized spacial score (nSPS) is 21.4. The number of rotatable bonds is 4. The molecule has 2 fully saturated rings. The predicted molar refractivity (Wildman–Crippen MR) is 120 cm³/mol. The molecule has 0 radical (unpaired) electrons. The minimum atomic E-state index is -0.0796. The van der Waals surface area contributed by atoms with Gasteiger partial charge in [0, 0.05) is 25.7 Å². The van der Waals surface area contributed by atoms with E-state index >= 15 is 0 Å². The monoisotopic (exact) mass is 436 g/mol. The molecule has 0 bridgehead atoms. The molecule has 1 aliphatic carbocycles. The molecule has 1 saturated carbocycles. The average molecular weight is 437 g/mol. The van der Waals surface area contributed by atoms with Crippen LogP contribution in [0.4, 0.5) is 4.79 Å². The molecule has 1 aromatic heterocycles. The van der Waals surface area contributed by atoms with Gasteiger partial charge in [0.15, 0.2) is 5.69 Å². The lowest BCUT2D eigenvalue weighted by molar-refractivity contribution is 0.0728. The smallest absolute Gasteiger partial charge is 0.317 e. The van der Waals surface area contributed by atoms with Crippen molar-refractivity contribution in [2.75, 3.05) is 13.1 Å². The molecule has 0 spiro atoms. The first-order valence-electron chi connectivity index (χ1n) is 12.0. The molecule has 1 saturated heterocycles. The third kappa shape index (κ3) is 4.49. The van der Waals surface area contributed by atoms with Gasteiger partial charge in [-0.1, -0.05) is 48.7 Å². The Kier molecular flexibility index (Phi) is 6.10. The largest absolute Gasteiger partial charge is 0.335 e. The van der Waals surface area contributed by atoms with Crippen LogP contribution in [-0.2, 0) is 19.5 Å². The number of benzene rings is 1. The number of nitrogens with zero attached hydrogens (tertiary/aromatic N) is 5. The molecule has 0 unspecified atom stereocenters. The maximum absolute atomic E-state index is 13.0. The van der Waals surface area contributed by atoms with Gasteiger partial charge in [-0.25, -0.2) is 9.48 Å². The molecule has 8 nitrogen and oxygen atoms in total. The van der Waals surface area contributed by atoms with Gasteiger partial charge in [0.1, 0.15) is 0 Å². The molecule has 1 aromatic carbocycles. The molecule has 2 aromatic rings. The van der Waals surface area contributed by atoms with E-state index < -0.39 is 0 Å². The molecule has 3 amide bonds. The third-order valence-electron chi connectivity index (χ3n) is 7.14. The van der Waals surface area contributed by atoms with E-state index in [0.29, 0.717) is 31.4 Å². The summed E-state index contributed by atoms with van der Waals surface area (Å²) < 4.78 is 1.72. The van der Waals surface area contributed by atoms with Crippen LogP contribution in [0.15, 0.2) is 30.5 Å². The number of hydrogen-bond donors (Lipinski definition) is 1. The first kappa shape index (κ1) is 21.0. The van der Waals surface area contributed by atoms with E-state index in [0.717, 1.165) is 38.6 Å². The Labute approximate surface area is 188 Å². The summed E-state index contributed by atoms with van der Waals surface area (Å²) in [6.07, 6.45) is 10.4. The van der Waals surface area contributed by atoms with Crippen LogP contribution in [0.25, 0.3) is 0 Å². The van der Waals surface area contributed by atoms with Crippen LogP contribution in [0, 0.1) is 0 Å². The average Bonchev–Trinajstić information content (AvgIpc) is 3.49. The van der Waals surface area contributed by atoms with Crippen molar-refractivity contribution >= 4 is 11.9 Å². The van der Waals surface area contributed by atoms with Gasteiger partial charge in [0.25, 0.3) is 5.91 Å². The van der Waals surface area contributed by atoms with Crippen molar-refractivity contribution in [1.29, 1.82) is 0 Å². The highest BCUT2D eigenvalue weighted by Crippen LogP contribution is 2.22. The van der Waals surface area contributed by atoms with Crippen LogP contribution >= 0.6 is 0 Å². The zero-order valence-electron chi connectivity index (χ0n) is 18.6. The summed E-state index contributed by atoms with van der Waals surface area (Å²) in [4.78, 5) is 29.6. The number of carbonyl (C=O) groups excluding carboxylic acids is 2. The highest BCUT2D eigenvalue weighted by Gasteiger charge is 2.31. The van der Waals surface area contributed by atoms with Crippen molar-refractivity contribution in [3.05, 3.63) is 47.3 Å². The van der Waals surface area contributed by atoms with E-state index in [1.165, 1.54) is 30.4 Å². The number of fused-ring (bicyclic) bond motifs is 1. The number of likely N-dealkylation sites (tertiary alicyclic amines) is 1. The molecule has 3 aliphatic rings. The fourth-order valence-corrected chi connectivity index (χ4v) is 5.33. The second-order valence-electron chi connectivity index (χ2n) is 9.35. The number of aromatic nitrogens is 3. The first-order valence-corrected chi connectivity index (χ1v) is 12.0. The lowest BCUT2D eigenvalue weighted by Crippen LogP contribution is -2.48. The van der Waals surface area contributed by atoms with Crippen LogP contribution in [-0.4, -0.2) is 61.9 Å². The summed E-state index contributed by atoms with van der Waals surface area (Å²) in [6, 6.07) is 8.71. The summed E-state index contributed by atoms with van der Waals surface area (Å²) in [6.45, 7) is 2.65. The van der Waals surface area contributed by atoms with E-state index in [2.05, 4.69) is 27.8 Å². The fraction of sp³-hybridized carbons (Fsp3) is 0.583. The summed E-state index contributed by atoms with van der Waals surface area (Å²) in [5.74, 6) is -0.0796. The molecule has 5 rings (SSSR count). The molecular formula is C24H32N6O2. The van der Waals surface area contributed by atoms with E-state index in [9.17, 15) is 9.59 Å². The second-order valence-corrected chi connectivity index (χ2v) is 9.35. The van der Waals surface area contributed by atoms with E-state index in [1.54, 1.807) is 10.9 Å². The zero-order valence-corrected chi connectivity index (χ0v) is 18.6. The van der Waals surface area contributed by atoms with Crippen molar-refractivity contribution < 1.29 is 9.59 Å². The number of urea groups is 1. The summed E-state index contributed by atoms with van der Waals surface area (Å²) in [5.41, 5.74) is 2.89. The predicted octanol–water partition coefficient (Wildman–Crippen LogP) is 2.98. The first-order chi connectivity index (χ1) is 15.7. The Bertz CT molecular complexity index is 967. The highest BCUT2D eigenvalue weighted by molar-refractivity contribution is 5.92. The molecule has 32 heavy (non-hydrogen) atoms. The Morgan fingerprint density at radius 2 is 1.81 bits per heavy atom. The molecular weight excluding hydrogens is 404 g/mol. The number of amides is 3. The topological polar surface area (TPSA) is 83.4 Å². The Balaban J connectivity index is 1.19. The summed E-state index contributed by atoms with van der Waals surface area (Å²) >= 11 is 0.